The van der Waals surface area contributed by atoms with Gasteiger partial charge in [0.25, 0.3) is 0 Å². The Kier molecular flexibility index (Phi) is 5.44. The van der Waals surface area contributed by atoms with Crippen molar-refractivity contribution in [3.05, 3.63) is 76.9 Å². The van der Waals surface area contributed by atoms with Crippen LogP contribution in [0.15, 0.2) is 54.3 Å². The molecular weight excluding hydrogens is 384 g/mol. The quantitative estimate of drug-likeness (QED) is 0.533. The van der Waals surface area contributed by atoms with Crippen LogP contribution in [0.3, 0.4) is 0 Å². The maximum absolute atomic E-state index is 12.3. The summed E-state index contributed by atoms with van der Waals surface area (Å²) in [4.78, 5) is 25.4. The SMILES string of the molecule is Cc1cc(C)n(-c2ccc(CNC(=O)Cc3csc(-c4cccnc4)n3)cn2)n1. The molecule has 0 aromatic carbocycles. The largest absolute Gasteiger partial charge is 0.352 e. The zero-order chi connectivity index (χ0) is 20.2. The van der Waals surface area contributed by atoms with Crippen LogP contribution in [0, 0.1) is 13.8 Å². The smallest absolute Gasteiger partial charge is 0.226 e. The van der Waals surface area contributed by atoms with Crippen LogP contribution < -0.4 is 5.32 Å². The standard InChI is InChI=1S/C21H20N6OS/c1-14-8-15(2)27(26-14)19-6-5-16(10-23-19)11-24-20(28)9-18-13-29-21(25-18)17-4-3-7-22-12-17/h3-8,10,12-13H,9,11H2,1-2H3,(H,24,28). The van der Waals surface area contributed by atoms with Crippen LogP contribution >= 0.6 is 11.3 Å². The summed E-state index contributed by atoms with van der Waals surface area (Å²) in [5.41, 5.74) is 4.62. The van der Waals surface area contributed by atoms with Gasteiger partial charge >= 0.3 is 0 Å². The van der Waals surface area contributed by atoms with Crippen molar-refractivity contribution in [1.82, 2.24) is 30.0 Å². The number of hydrogen-bond acceptors (Lipinski definition) is 6. The second kappa shape index (κ2) is 8.32. The van der Waals surface area contributed by atoms with E-state index in [4.69, 9.17) is 0 Å². The van der Waals surface area contributed by atoms with Crippen LogP contribution in [-0.2, 0) is 17.8 Å². The first-order valence-electron chi connectivity index (χ1n) is 9.18. The van der Waals surface area contributed by atoms with E-state index in [9.17, 15) is 4.79 Å². The molecule has 0 aliphatic carbocycles. The first kappa shape index (κ1) is 18.9. The van der Waals surface area contributed by atoms with Crippen molar-refractivity contribution < 1.29 is 4.79 Å². The van der Waals surface area contributed by atoms with Crippen LogP contribution in [0.25, 0.3) is 16.4 Å². The molecule has 0 radical (unpaired) electrons. The van der Waals surface area contributed by atoms with Gasteiger partial charge in [0.1, 0.15) is 5.01 Å². The molecule has 29 heavy (non-hydrogen) atoms. The van der Waals surface area contributed by atoms with Gasteiger partial charge in [0, 0.05) is 41.8 Å². The van der Waals surface area contributed by atoms with E-state index >= 15 is 0 Å². The Bertz CT molecular complexity index is 1120. The Labute approximate surface area is 172 Å². The normalized spacial score (nSPS) is 10.8. The molecule has 0 fully saturated rings. The highest BCUT2D eigenvalue weighted by Gasteiger charge is 2.10. The molecule has 0 spiro atoms. The topological polar surface area (TPSA) is 85.6 Å². The van der Waals surface area contributed by atoms with E-state index in [1.807, 2.05) is 49.6 Å². The van der Waals surface area contributed by atoms with Crippen LogP contribution in [0.4, 0.5) is 0 Å². The molecule has 0 aliphatic heterocycles. The molecule has 8 heteroatoms. The first-order chi connectivity index (χ1) is 14.1. The summed E-state index contributed by atoms with van der Waals surface area (Å²) in [5.74, 6) is 0.687. The number of hydrogen-bond donors (Lipinski definition) is 1. The van der Waals surface area contributed by atoms with Crippen molar-refractivity contribution in [2.24, 2.45) is 0 Å². The van der Waals surface area contributed by atoms with Gasteiger partial charge in [-0.25, -0.2) is 14.6 Å². The van der Waals surface area contributed by atoms with Gasteiger partial charge in [-0.15, -0.1) is 11.3 Å². The van der Waals surface area contributed by atoms with Gasteiger partial charge in [-0.05, 0) is 43.7 Å². The van der Waals surface area contributed by atoms with Gasteiger partial charge in [-0.3, -0.25) is 9.78 Å². The minimum Gasteiger partial charge on any atom is -0.352 e. The average Bonchev–Trinajstić information content (AvgIpc) is 3.33. The molecular formula is C21H20N6OS. The van der Waals surface area contributed by atoms with Gasteiger partial charge in [0.15, 0.2) is 5.82 Å². The van der Waals surface area contributed by atoms with E-state index in [0.717, 1.165) is 39.0 Å². The van der Waals surface area contributed by atoms with Crippen molar-refractivity contribution in [2.75, 3.05) is 0 Å². The monoisotopic (exact) mass is 404 g/mol. The molecule has 146 valence electrons. The third-order valence-corrected chi connectivity index (χ3v) is 5.27. The third kappa shape index (κ3) is 4.55. The molecule has 4 rings (SSSR count). The fourth-order valence-corrected chi connectivity index (χ4v) is 3.76. The molecule has 0 aliphatic rings. The molecule has 4 aromatic rings. The fourth-order valence-electron chi connectivity index (χ4n) is 2.95. The number of nitrogens with zero attached hydrogens (tertiary/aromatic N) is 5. The Hall–Kier alpha value is -3.39. The minimum absolute atomic E-state index is 0.0735. The highest BCUT2D eigenvalue weighted by Crippen LogP contribution is 2.22. The number of aromatic nitrogens is 5. The molecule has 0 saturated carbocycles. The van der Waals surface area contributed by atoms with E-state index in [1.165, 1.54) is 11.3 Å². The summed E-state index contributed by atoms with van der Waals surface area (Å²) in [7, 11) is 0. The van der Waals surface area contributed by atoms with Crippen molar-refractivity contribution in [3.63, 3.8) is 0 Å². The second-order valence-corrected chi connectivity index (χ2v) is 7.56. The van der Waals surface area contributed by atoms with Crippen molar-refractivity contribution in [3.8, 4) is 16.4 Å². The van der Waals surface area contributed by atoms with Crippen LogP contribution in [0.2, 0.25) is 0 Å². The van der Waals surface area contributed by atoms with Gasteiger partial charge in [-0.1, -0.05) is 6.07 Å². The summed E-state index contributed by atoms with van der Waals surface area (Å²) >= 11 is 1.51. The van der Waals surface area contributed by atoms with E-state index < -0.39 is 0 Å². The predicted molar refractivity (Wildman–Crippen MR) is 112 cm³/mol. The van der Waals surface area contributed by atoms with Gasteiger partial charge in [0.05, 0.1) is 17.8 Å². The Morgan fingerprint density at radius 3 is 2.79 bits per heavy atom. The fraction of sp³-hybridized carbons (Fsp3) is 0.190. The van der Waals surface area contributed by atoms with Gasteiger partial charge in [0.2, 0.25) is 5.91 Å². The second-order valence-electron chi connectivity index (χ2n) is 6.70. The number of carbonyl (C=O) groups is 1. The zero-order valence-electron chi connectivity index (χ0n) is 16.2. The molecule has 7 nitrogen and oxygen atoms in total. The number of pyridine rings is 2. The summed E-state index contributed by atoms with van der Waals surface area (Å²) in [5, 5.41) is 10.1. The Morgan fingerprint density at radius 1 is 1.21 bits per heavy atom. The lowest BCUT2D eigenvalue weighted by atomic mass is 10.2. The molecule has 4 aromatic heterocycles. The lowest BCUT2D eigenvalue weighted by Gasteiger charge is -2.06. The molecule has 0 atom stereocenters. The number of nitrogens with one attached hydrogen (secondary N) is 1. The maximum Gasteiger partial charge on any atom is 0.226 e. The van der Waals surface area contributed by atoms with E-state index in [0.29, 0.717) is 6.54 Å². The van der Waals surface area contributed by atoms with Crippen molar-refractivity contribution in [2.45, 2.75) is 26.8 Å². The van der Waals surface area contributed by atoms with Crippen LogP contribution in [0.5, 0.6) is 0 Å². The van der Waals surface area contributed by atoms with Gasteiger partial charge < -0.3 is 5.32 Å². The highest BCUT2D eigenvalue weighted by atomic mass is 32.1. The van der Waals surface area contributed by atoms with E-state index in [2.05, 4.69) is 25.4 Å². The first-order valence-corrected chi connectivity index (χ1v) is 10.1. The number of amides is 1. The molecule has 1 N–H and O–H groups in total. The van der Waals surface area contributed by atoms with Gasteiger partial charge in [-0.2, -0.15) is 5.10 Å². The third-order valence-electron chi connectivity index (χ3n) is 4.33. The van der Waals surface area contributed by atoms with Crippen LogP contribution in [-0.4, -0.2) is 30.6 Å². The molecule has 0 bridgehead atoms. The molecule has 0 unspecified atom stereocenters. The van der Waals surface area contributed by atoms with E-state index in [1.54, 1.807) is 23.3 Å². The lowest BCUT2D eigenvalue weighted by molar-refractivity contribution is -0.120. The molecule has 0 saturated heterocycles. The summed E-state index contributed by atoms with van der Waals surface area (Å²) < 4.78 is 1.81. The number of aryl methyl sites for hydroxylation is 2. The summed E-state index contributed by atoms with van der Waals surface area (Å²) in [6.07, 6.45) is 5.50. The minimum atomic E-state index is -0.0735. The maximum atomic E-state index is 12.3. The molecule has 1 amide bonds. The molecule has 4 heterocycles. The Morgan fingerprint density at radius 2 is 2.10 bits per heavy atom. The number of carbonyl (C=O) groups excluding carboxylic acids is 1. The van der Waals surface area contributed by atoms with E-state index in [-0.39, 0.29) is 12.3 Å². The summed E-state index contributed by atoms with van der Waals surface area (Å²) in [6.45, 7) is 4.37. The highest BCUT2D eigenvalue weighted by molar-refractivity contribution is 7.13. The average molecular weight is 404 g/mol. The van der Waals surface area contributed by atoms with Crippen LogP contribution in [0.1, 0.15) is 22.6 Å². The zero-order valence-corrected chi connectivity index (χ0v) is 17.0. The summed E-state index contributed by atoms with van der Waals surface area (Å²) in [6, 6.07) is 9.69. The van der Waals surface area contributed by atoms with Crippen molar-refractivity contribution in [1.29, 1.82) is 0 Å². The van der Waals surface area contributed by atoms with Crippen molar-refractivity contribution >= 4 is 17.2 Å². The predicted octanol–water partition coefficient (Wildman–Crippen LogP) is 3.26. The number of rotatable bonds is 6. The lowest BCUT2D eigenvalue weighted by Crippen LogP contribution is -2.24. The Balaban J connectivity index is 1.33. The number of thiazole rings is 1.